The molecule has 0 aromatic heterocycles. The van der Waals surface area contributed by atoms with Gasteiger partial charge in [0.25, 0.3) is 0 Å². The Bertz CT molecular complexity index is 3220. The molecular weight excluding hydrogens is 1240 g/mol. The lowest BCUT2D eigenvalue weighted by atomic mass is 9.83. The molecule has 12 atom stereocenters. The average molecular weight is 1340 g/mol. The van der Waals surface area contributed by atoms with E-state index in [1.807, 2.05) is 150 Å². The van der Waals surface area contributed by atoms with Gasteiger partial charge in [0.05, 0.1) is 85.8 Å². The fourth-order valence-electron chi connectivity index (χ4n) is 15.1. The van der Waals surface area contributed by atoms with Gasteiger partial charge in [0.2, 0.25) is 12.7 Å². The van der Waals surface area contributed by atoms with Crippen LogP contribution in [-0.4, -0.2) is 233 Å². The average Bonchev–Trinajstić information content (AvgIpc) is 1.67. The Morgan fingerprint density at radius 3 is 1.42 bits per heavy atom. The zero-order valence-electron chi connectivity index (χ0n) is 59.1. The SMILES string of the molecule is CCCCN(CCC[N+](C)(C)C)C(=O)CN1C[C@H](c2ccc3c(c2)CCO3)[C@@H](C(=O)O)[C@@H]1CCc1cccc2c1OCO2.COc1ccc([C@H]2CN(C)[C@@H](C)[C@@H]2C(=O)O)cc1.COc1ccc([C@H]2CN(C)[C@@H](C)[C@@H]2C(=O)O)cc1.COc1ccc([C@H]2CN(C)[C@@H](C)[C@@H]2C(=O)O)cc1. The third-order valence-corrected chi connectivity index (χ3v) is 21.0. The lowest BCUT2D eigenvalue weighted by Crippen LogP contribution is -2.45. The molecule has 0 aliphatic carbocycles. The van der Waals surface area contributed by atoms with Gasteiger partial charge in [0.15, 0.2) is 11.5 Å². The fourth-order valence-corrected chi connectivity index (χ4v) is 15.1. The highest BCUT2D eigenvalue weighted by Gasteiger charge is 2.49. The number of carboxylic acids is 4. The maximum Gasteiger partial charge on any atom is 0.308 e. The van der Waals surface area contributed by atoms with Crippen molar-refractivity contribution in [1.82, 2.24) is 24.5 Å². The minimum absolute atomic E-state index is 0.0495. The second-order valence-electron chi connectivity index (χ2n) is 28.0. The number of para-hydroxylation sites is 1. The van der Waals surface area contributed by atoms with Crippen LogP contribution < -0.4 is 28.4 Å². The predicted octanol–water partition coefficient (Wildman–Crippen LogP) is 9.62. The summed E-state index contributed by atoms with van der Waals surface area (Å²) in [7, 11) is 17.3. The van der Waals surface area contributed by atoms with Crippen molar-refractivity contribution in [2.24, 2.45) is 23.7 Å². The van der Waals surface area contributed by atoms with Crippen molar-refractivity contribution in [2.75, 3.05) is 129 Å². The minimum atomic E-state index is -0.814. The molecule has 6 heterocycles. The number of hydrogen-bond acceptors (Lipinski definition) is 15. The minimum Gasteiger partial charge on any atom is -0.497 e. The third-order valence-electron chi connectivity index (χ3n) is 21.0. The second-order valence-corrected chi connectivity index (χ2v) is 28.0. The van der Waals surface area contributed by atoms with E-state index >= 15 is 0 Å². The summed E-state index contributed by atoms with van der Waals surface area (Å²) in [6, 6.07) is 35.0. The molecule has 5 aromatic carbocycles. The van der Waals surface area contributed by atoms with Crippen molar-refractivity contribution in [3.63, 3.8) is 0 Å². The van der Waals surface area contributed by atoms with Crippen molar-refractivity contribution in [3.05, 3.63) is 143 Å². The molecule has 5 aromatic rings. The molecule has 6 aliphatic heterocycles. The largest absolute Gasteiger partial charge is 0.497 e. The second kappa shape index (κ2) is 34.0. The van der Waals surface area contributed by atoms with Crippen LogP contribution in [0.15, 0.2) is 109 Å². The summed E-state index contributed by atoms with van der Waals surface area (Å²) in [6.07, 6.45) is 4.98. The van der Waals surface area contributed by atoms with E-state index in [0.29, 0.717) is 26.0 Å². The molecule has 11 rings (SSSR count). The Hall–Kier alpha value is -7.95. The molecule has 4 saturated heterocycles. The van der Waals surface area contributed by atoms with E-state index in [9.17, 15) is 44.4 Å². The van der Waals surface area contributed by atoms with Crippen molar-refractivity contribution < 1.29 is 77.3 Å². The first-order chi connectivity index (χ1) is 46.3. The topological polar surface area (TPSA) is 238 Å². The summed E-state index contributed by atoms with van der Waals surface area (Å²) in [6.45, 7) is 14.5. The Labute approximate surface area is 573 Å². The van der Waals surface area contributed by atoms with Gasteiger partial charge in [-0.05, 0) is 143 Å². The number of carboxylic acid groups (broad SMARTS) is 4. The lowest BCUT2D eigenvalue weighted by molar-refractivity contribution is -0.870. The first-order valence-corrected chi connectivity index (χ1v) is 34.2. The van der Waals surface area contributed by atoms with Gasteiger partial charge in [-0.15, -0.1) is 0 Å². The van der Waals surface area contributed by atoms with Gasteiger partial charge in [-0.1, -0.05) is 74.0 Å². The number of ether oxygens (including phenoxy) is 6. The lowest BCUT2D eigenvalue weighted by Gasteiger charge is -2.31. The van der Waals surface area contributed by atoms with E-state index in [4.69, 9.17) is 28.4 Å². The van der Waals surface area contributed by atoms with Gasteiger partial charge in [-0.25, -0.2) is 0 Å². The van der Waals surface area contributed by atoms with E-state index in [0.717, 1.165) is 137 Å². The van der Waals surface area contributed by atoms with Crippen LogP contribution in [-0.2, 0) is 36.8 Å². The molecule has 97 heavy (non-hydrogen) atoms. The number of unbranched alkanes of at least 4 members (excludes halogenated alkanes) is 1. The van der Waals surface area contributed by atoms with Crippen LogP contribution in [0.3, 0.4) is 0 Å². The van der Waals surface area contributed by atoms with Crippen molar-refractivity contribution in [3.8, 4) is 34.5 Å². The monoisotopic (exact) mass is 1340 g/mol. The predicted molar refractivity (Wildman–Crippen MR) is 372 cm³/mol. The van der Waals surface area contributed by atoms with Crippen LogP contribution >= 0.6 is 0 Å². The molecule has 0 bridgehead atoms. The number of nitrogens with zero attached hydrogens (tertiary/aromatic N) is 6. The molecule has 4 N–H and O–H groups in total. The van der Waals surface area contributed by atoms with Crippen LogP contribution in [0.1, 0.15) is 110 Å². The van der Waals surface area contributed by atoms with Crippen LogP contribution in [0, 0.1) is 23.7 Å². The van der Waals surface area contributed by atoms with E-state index in [-0.39, 0.29) is 84.8 Å². The number of carbonyl (C=O) groups excluding carboxylic acids is 1. The maximum absolute atomic E-state index is 13.9. The zero-order valence-corrected chi connectivity index (χ0v) is 59.1. The summed E-state index contributed by atoms with van der Waals surface area (Å²) >= 11 is 0. The van der Waals surface area contributed by atoms with Crippen molar-refractivity contribution >= 4 is 29.8 Å². The molecule has 4 fully saturated rings. The number of rotatable bonds is 23. The highest BCUT2D eigenvalue weighted by atomic mass is 16.7. The summed E-state index contributed by atoms with van der Waals surface area (Å²) < 4.78 is 33.3. The third kappa shape index (κ3) is 18.6. The zero-order chi connectivity index (χ0) is 70.4. The fraction of sp³-hybridized carbons (Fsp3) is 0.539. The number of carbonyl (C=O) groups is 5. The molecular formula is C76H105N6O15+. The summed E-state index contributed by atoms with van der Waals surface area (Å²) in [4.78, 5) is 71.6. The molecule has 0 unspecified atom stereocenters. The van der Waals surface area contributed by atoms with Crippen LogP contribution in [0.2, 0.25) is 0 Å². The Morgan fingerprint density at radius 1 is 0.546 bits per heavy atom. The highest BCUT2D eigenvalue weighted by Crippen LogP contribution is 2.44. The van der Waals surface area contributed by atoms with Crippen LogP contribution in [0.4, 0.5) is 0 Å². The van der Waals surface area contributed by atoms with Gasteiger partial charge in [0.1, 0.15) is 23.0 Å². The van der Waals surface area contributed by atoms with Crippen molar-refractivity contribution in [1.29, 1.82) is 0 Å². The standard InChI is InChI=1S/C34H47N3O6.3C14H19NO3/c1-5-6-16-35(17-8-18-37(2,3)4)31(38)22-36-21-27(25-12-14-29-26(20-25)15-19-41-29)32(34(39)40)28(36)13-11-24-9-7-10-30-33(24)43-23-42-30;3*1-9-13(14(16)17)12(8-15(9)2)10-4-6-11(18-3)7-5-10/h7,9-10,12,14,20,27-28,32H,5-6,8,11,13,15-19,21-23H2,1-4H3;3*4-7,9,12-13H,8H2,1-3H3,(H,16,17)/p+1/t27-,28+,32-;3*9-,12+,13-/m1000/s1. The summed E-state index contributed by atoms with van der Waals surface area (Å²) in [5.74, 6) is 0.137. The van der Waals surface area contributed by atoms with Gasteiger partial charge >= 0.3 is 23.9 Å². The molecule has 21 heteroatoms. The number of benzene rings is 5. The van der Waals surface area contributed by atoms with Gasteiger partial charge in [0, 0.05) is 99.9 Å². The Morgan fingerprint density at radius 2 is 0.990 bits per heavy atom. The summed E-state index contributed by atoms with van der Waals surface area (Å²) in [5.41, 5.74) is 6.36. The maximum atomic E-state index is 13.9. The highest BCUT2D eigenvalue weighted by molar-refractivity contribution is 5.79. The van der Waals surface area contributed by atoms with Crippen molar-refractivity contribution in [2.45, 2.75) is 114 Å². The van der Waals surface area contributed by atoms with Gasteiger partial charge in [-0.3, -0.25) is 28.9 Å². The Balaban J connectivity index is 0.000000184. The Kier molecular flexibility index (Phi) is 26.2. The summed E-state index contributed by atoms with van der Waals surface area (Å²) in [5, 5.41) is 38.8. The number of methoxy groups -OCH3 is 3. The first kappa shape index (κ1) is 74.8. The molecule has 6 aliphatic rings. The van der Waals surface area contributed by atoms with E-state index < -0.39 is 29.8 Å². The molecule has 0 spiro atoms. The molecule has 21 nitrogen and oxygen atoms in total. The number of likely N-dealkylation sites (tertiary alicyclic amines) is 4. The number of aryl methyl sites for hydroxylation is 1. The number of fused-ring (bicyclic) bond motifs is 2. The quantitative estimate of drug-likeness (QED) is 0.0445. The van der Waals surface area contributed by atoms with E-state index in [1.54, 1.807) is 21.3 Å². The molecule has 1 amide bonds. The smallest absolute Gasteiger partial charge is 0.308 e. The normalized spacial score (nSPS) is 25.1. The number of quaternary nitrogens is 1. The van der Waals surface area contributed by atoms with Crippen LogP contribution in [0.5, 0.6) is 34.5 Å². The van der Waals surface area contributed by atoms with Gasteiger partial charge in [-0.2, -0.15) is 0 Å². The number of amides is 1. The molecule has 0 saturated carbocycles. The van der Waals surface area contributed by atoms with E-state index in [1.165, 1.54) is 0 Å². The van der Waals surface area contributed by atoms with Gasteiger partial charge < -0.3 is 72.9 Å². The number of aliphatic carboxylic acids is 4. The molecule has 0 radical (unpaired) electrons. The molecule has 528 valence electrons. The van der Waals surface area contributed by atoms with Crippen LogP contribution in [0.25, 0.3) is 0 Å². The number of hydrogen-bond donors (Lipinski definition) is 4. The van der Waals surface area contributed by atoms with E-state index in [2.05, 4.69) is 53.7 Å². The number of likely N-dealkylation sites (N-methyl/N-ethyl adjacent to an activating group) is 3. The first-order valence-electron chi connectivity index (χ1n) is 34.2.